The zero-order valence-electron chi connectivity index (χ0n) is 13.4. The number of carbonyl (C=O) groups excluding carboxylic acids is 1. The Morgan fingerprint density at radius 2 is 2.18 bits per heavy atom. The quantitative estimate of drug-likeness (QED) is 0.884. The van der Waals surface area contributed by atoms with E-state index in [1.54, 1.807) is 14.2 Å². The van der Waals surface area contributed by atoms with Crippen LogP contribution in [0.25, 0.3) is 0 Å². The number of nitrogens with one attached hydrogen (secondary N) is 1. The second-order valence-corrected chi connectivity index (χ2v) is 6.26. The fraction of sp³-hybridized carbons (Fsp3) is 0.750. The van der Waals surface area contributed by atoms with Crippen LogP contribution >= 0.6 is 0 Å². The number of H-pyrrole nitrogens is 1. The van der Waals surface area contributed by atoms with Gasteiger partial charge in [0.1, 0.15) is 0 Å². The van der Waals surface area contributed by atoms with Crippen LogP contribution < -0.4 is 0 Å². The molecule has 1 saturated heterocycles. The van der Waals surface area contributed by atoms with Crippen LogP contribution in [0.4, 0.5) is 0 Å². The third-order valence-corrected chi connectivity index (χ3v) is 4.85. The molecule has 0 spiro atoms. The van der Waals surface area contributed by atoms with E-state index in [4.69, 9.17) is 9.47 Å². The molecule has 2 aliphatic rings. The highest BCUT2D eigenvalue weighted by molar-refractivity contribution is 5.79. The molecular formula is C16H25N3O3. The van der Waals surface area contributed by atoms with Crippen molar-refractivity contribution in [1.82, 2.24) is 15.1 Å². The maximum Gasteiger partial charge on any atom is 0.229 e. The Balaban J connectivity index is 1.69. The Morgan fingerprint density at radius 3 is 2.95 bits per heavy atom. The first-order chi connectivity index (χ1) is 10.7. The van der Waals surface area contributed by atoms with Crippen molar-refractivity contribution >= 4 is 5.91 Å². The minimum atomic E-state index is 0.109. The van der Waals surface area contributed by atoms with E-state index in [1.807, 2.05) is 4.90 Å². The predicted octanol–water partition coefficient (Wildman–Crippen LogP) is 1.09. The monoisotopic (exact) mass is 307 g/mol. The van der Waals surface area contributed by atoms with Gasteiger partial charge in [-0.3, -0.25) is 9.89 Å². The SMILES string of the molecule is COC[C@@H]1C[C@H](OC)CN1C(=O)Cc1n[nH]c2c1CCCC2. The molecule has 0 saturated carbocycles. The van der Waals surface area contributed by atoms with Gasteiger partial charge in [0, 0.05) is 26.5 Å². The van der Waals surface area contributed by atoms with Crippen molar-refractivity contribution in [3.63, 3.8) is 0 Å². The van der Waals surface area contributed by atoms with E-state index in [9.17, 15) is 4.79 Å². The highest BCUT2D eigenvalue weighted by Crippen LogP contribution is 2.25. The molecule has 3 rings (SSSR count). The number of aromatic amines is 1. The minimum absolute atomic E-state index is 0.109. The van der Waals surface area contributed by atoms with Crippen LogP contribution in [0.15, 0.2) is 0 Å². The van der Waals surface area contributed by atoms with Gasteiger partial charge in [-0.2, -0.15) is 5.10 Å². The number of hydrogen-bond acceptors (Lipinski definition) is 4. The van der Waals surface area contributed by atoms with E-state index in [1.165, 1.54) is 24.1 Å². The van der Waals surface area contributed by atoms with Crippen molar-refractivity contribution in [2.75, 3.05) is 27.4 Å². The van der Waals surface area contributed by atoms with E-state index in [-0.39, 0.29) is 18.1 Å². The summed E-state index contributed by atoms with van der Waals surface area (Å²) in [6.45, 7) is 1.21. The number of aryl methyl sites for hydroxylation is 1. The van der Waals surface area contributed by atoms with Gasteiger partial charge in [-0.05, 0) is 37.7 Å². The first-order valence-corrected chi connectivity index (χ1v) is 8.09. The van der Waals surface area contributed by atoms with Crippen LogP contribution in [0, 0.1) is 0 Å². The Bertz CT molecular complexity index is 529. The van der Waals surface area contributed by atoms with Crippen molar-refractivity contribution in [1.29, 1.82) is 0 Å². The highest BCUT2D eigenvalue weighted by Gasteiger charge is 2.35. The number of amides is 1. The summed E-state index contributed by atoms with van der Waals surface area (Å²) in [5.74, 6) is 0.126. The fourth-order valence-electron chi connectivity index (χ4n) is 3.64. The number of ether oxygens (including phenoxy) is 2. The van der Waals surface area contributed by atoms with Crippen molar-refractivity contribution in [2.24, 2.45) is 0 Å². The molecule has 22 heavy (non-hydrogen) atoms. The number of hydrogen-bond donors (Lipinski definition) is 1. The molecule has 0 radical (unpaired) electrons. The number of fused-ring (bicyclic) bond motifs is 1. The molecule has 0 unspecified atom stereocenters. The van der Waals surface area contributed by atoms with Gasteiger partial charge in [-0.25, -0.2) is 0 Å². The molecule has 6 nitrogen and oxygen atoms in total. The summed E-state index contributed by atoms with van der Waals surface area (Å²) in [5, 5.41) is 7.49. The summed E-state index contributed by atoms with van der Waals surface area (Å²) in [6.07, 6.45) is 5.82. The summed E-state index contributed by atoms with van der Waals surface area (Å²) in [4.78, 5) is 14.6. The third kappa shape index (κ3) is 3.03. The molecule has 1 aromatic heterocycles. The van der Waals surface area contributed by atoms with Gasteiger partial charge in [0.2, 0.25) is 5.91 Å². The van der Waals surface area contributed by atoms with E-state index in [2.05, 4.69) is 10.2 Å². The van der Waals surface area contributed by atoms with Crippen LogP contribution in [0.5, 0.6) is 0 Å². The number of rotatable bonds is 5. The molecule has 2 atom stereocenters. The van der Waals surface area contributed by atoms with E-state index >= 15 is 0 Å². The number of aromatic nitrogens is 2. The van der Waals surface area contributed by atoms with Crippen LogP contribution in [0.3, 0.4) is 0 Å². The highest BCUT2D eigenvalue weighted by atomic mass is 16.5. The molecule has 1 fully saturated rings. The molecule has 1 aliphatic heterocycles. The Kier molecular flexibility index (Phi) is 4.78. The van der Waals surface area contributed by atoms with Gasteiger partial charge < -0.3 is 14.4 Å². The van der Waals surface area contributed by atoms with Gasteiger partial charge in [-0.15, -0.1) is 0 Å². The van der Waals surface area contributed by atoms with Crippen LogP contribution in [0.1, 0.15) is 36.2 Å². The lowest BCUT2D eigenvalue weighted by Crippen LogP contribution is -2.39. The van der Waals surface area contributed by atoms with E-state index < -0.39 is 0 Å². The first-order valence-electron chi connectivity index (χ1n) is 8.09. The predicted molar refractivity (Wildman–Crippen MR) is 81.7 cm³/mol. The summed E-state index contributed by atoms with van der Waals surface area (Å²) in [6, 6.07) is 0.109. The van der Waals surface area contributed by atoms with Gasteiger partial charge in [0.05, 0.1) is 30.9 Å². The molecule has 2 heterocycles. The zero-order valence-corrected chi connectivity index (χ0v) is 13.4. The van der Waals surface area contributed by atoms with Gasteiger partial charge >= 0.3 is 0 Å². The maximum absolute atomic E-state index is 12.7. The number of likely N-dealkylation sites (tertiary alicyclic amines) is 1. The topological polar surface area (TPSA) is 67.5 Å². The molecule has 1 aliphatic carbocycles. The Hall–Kier alpha value is -1.40. The first kappa shape index (κ1) is 15.5. The molecule has 1 N–H and O–H groups in total. The van der Waals surface area contributed by atoms with Crippen molar-refractivity contribution in [2.45, 2.75) is 50.7 Å². The van der Waals surface area contributed by atoms with Crippen molar-refractivity contribution in [3.05, 3.63) is 17.0 Å². The number of methoxy groups -OCH3 is 2. The van der Waals surface area contributed by atoms with E-state index in [0.29, 0.717) is 19.6 Å². The number of carbonyl (C=O) groups is 1. The average molecular weight is 307 g/mol. The normalized spacial score (nSPS) is 24.5. The van der Waals surface area contributed by atoms with E-state index in [0.717, 1.165) is 25.0 Å². The lowest BCUT2D eigenvalue weighted by Gasteiger charge is -2.23. The molecule has 6 heteroatoms. The molecule has 0 bridgehead atoms. The molecular weight excluding hydrogens is 282 g/mol. The van der Waals surface area contributed by atoms with Crippen molar-refractivity contribution in [3.8, 4) is 0 Å². The lowest BCUT2D eigenvalue weighted by atomic mass is 9.95. The third-order valence-electron chi connectivity index (χ3n) is 4.85. The maximum atomic E-state index is 12.7. The van der Waals surface area contributed by atoms with Crippen LogP contribution in [0.2, 0.25) is 0 Å². The summed E-state index contributed by atoms with van der Waals surface area (Å²) in [7, 11) is 3.37. The summed E-state index contributed by atoms with van der Waals surface area (Å²) < 4.78 is 10.7. The Labute approximate surface area is 131 Å². The van der Waals surface area contributed by atoms with Gasteiger partial charge in [-0.1, -0.05) is 0 Å². The minimum Gasteiger partial charge on any atom is -0.383 e. The number of nitrogens with zero attached hydrogens (tertiary/aromatic N) is 2. The van der Waals surface area contributed by atoms with Crippen LogP contribution in [-0.4, -0.2) is 60.5 Å². The second kappa shape index (κ2) is 6.79. The standard InChI is InChI=1S/C16H25N3O3/c1-21-10-11-7-12(22-2)9-19(11)16(20)8-15-13-5-3-4-6-14(13)17-18-15/h11-12H,3-10H2,1-2H3,(H,17,18)/t11-,12-/m0/s1. The average Bonchev–Trinajstić information content (AvgIpc) is 3.12. The zero-order chi connectivity index (χ0) is 15.5. The molecule has 1 amide bonds. The Morgan fingerprint density at radius 1 is 1.36 bits per heavy atom. The molecule has 122 valence electrons. The van der Waals surface area contributed by atoms with Crippen LogP contribution in [-0.2, 0) is 33.5 Å². The summed E-state index contributed by atoms with van der Waals surface area (Å²) >= 11 is 0. The largest absolute Gasteiger partial charge is 0.383 e. The van der Waals surface area contributed by atoms with Gasteiger partial charge in [0.15, 0.2) is 0 Å². The molecule has 1 aromatic rings. The molecule has 0 aromatic carbocycles. The van der Waals surface area contributed by atoms with Gasteiger partial charge in [0.25, 0.3) is 0 Å². The lowest BCUT2D eigenvalue weighted by molar-refractivity contribution is -0.132. The van der Waals surface area contributed by atoms with Crippen molar-refractivity contribution < 1.29 is 14.3 Å². The fourth-order valence-corrected chi connectivity index (χ4v) is 3.64. The second-order valence-electron chi connectivity index (χ2n) is 6.26. The summed E-state index contributed by atoms with van der Waals surface area (Å²) in [5.41, 5.74) is 3.42. The smallest absolute Gasteiger partial charge is 0.229 e.